The normalized spacial score (nSPS) is 22.6. The van der Waals surface area contributed by atoms with Crippen molar-refractivity contribution in [2.24, 2.45) is 5.41 Å². The van der Waals surface area contributed by atoms with E-state index in [4.69, 9.17) is 0 Å². The molecule has 0 radical (unpaired) electrons. The molecule has 1 atom stereocenters. The van der Waals surface area contributed by atoms with Crippen LogP contribution in [0.4, 0.5) is 5.95 Å². The predicted molar refractivity (Wildman–Crippen MR) is 95.7 cm³/mol. The summed E-state index contributed by atoms with van der Waals surface area (Å²) in [5, 5.41) is 0. The van der Waals surface area contributed by atoms with E-state index < -0.39 is 10.0 Å². The Bertz CT molecular complexity index is 819. The van der Waals surface area contributed by atoms with Crippen LogP contribution < -0.4 is 9.62 Å². The van der Waals surface area contributed by atoms with Crippen LogP contribution in [0.5, 0.6) is 0 Å². The summed E-state index contributed by atoms with van der Waals surface area (Å²) < 4.78 is 28.2. The molecule has 2 fully saturated rings. The van der Waals surface area contributed by atoms with Crippen molar-refractivity contribution in [3.8, 4) is 0 Å². The van der Waals surface area contributed by atoms with Crippen molar-refractivity contribution >= 4 is 16.0 Å². The number of benzene rings is 1. The van der Waals surface area contributed by atoms with Crippen LogP contribution in [0.25, 0.3) is 0 Å². The van der Waals surface area contributed by atoms with E-state index >= 15 is 0 Å². The minimum Gasteiger partial charge on any atom is -0.341 e. The van der Waals surface area contributed by atoms with Crippen LogP contribution in [0.1, 0.15) is 25.7 Å². The lowest BCUT2D eigenvalue weighted by Crippen LogP contribution is -2.59. The Morgan fingerprint density at radius 3 is 2.28 bits per heavy atom. The zero-order valence-corrected chi connectivity index (χ0v) is 14.8. The molecule has 4 rings (SSSR count). The Morgan fingerprint density at radius 2 is 1.68 bits per heavy atom. The third-order valence-electron chi connectivity index (χ3n) is 5.62. The highest BCUT2D eigenvalue weighted by Gasteiger charge is 2.49. The average molecular weight is 358 g/mol. The van der Waals surface area contributed by atoms with Crippen LogP contribution >= 0.6 is 0 Å². The van der Waals surface area contributed by atoms with E-state index in [0.29, 0.717) is 4.90 Å². The summed E-state index contributed by atoms with van der Waals surface area (Å²) in [6.45, 7) is 1.74. The first-order valence-electron chi connectivity index (χ1n) is 8.68. The fourth-order valence-electron chi connectivity index (χ4n) is 3.94. The van der Waals surface area contributed by atoms with Gasteiger partial charge in [-0.2, -0.15) is 0 Å². The third-order valence-corrected chi connectivity index (χ3v) is 7.10. The standard InChI is InChI=1S/C18H22N4O2S/c23-25(24,15-5-2-1-3-6-15)21-16-7-8-18(16)9-13-22(14-10-18)17-19-11-4-12-20-17/h1-6,11-12,16,21H,7-10,13-14H2/t16-/m1/s1. The SMILES string of the molecule is O=S(=O)(N[C@@H]1CCC12CCN(c1ncccn1)CC2)c1ccccc1. The highest BCUT2D eigenvalue weighted by atomic mass is 32.2. The van der Waals surface area contributed by atoms with Gasteiger partial charge in [0.15, 0.2) is 0 Å². The van der Waals surface area contributed by atoms with Gasteiger partial charge in [-0.05, 0) is 49.3 Å². The number of nitrogens with zero attached hydrogens (tertiary/aromatic N) is 3. The minimum absolute atomic E-state index is 0.0246. The summed E-state index contributed by atoms with van der Waals surface area (Å²) in [5.74, 6) is 0.762. The Morgan fingerprint density at radius 1 is 1.00 bits per heavy atom. The highest BCUT2D eigenvalue weighted by molar-refractivity contribution is 7.89. The van der Waals surface area contributed by atoms with Crippen molar-refractivity contribution in [1.29, 1.82) is 0 Å². The van der Waals surface area contributed by atoms with Crippen molar-refractivity contribution in [3.05, 3.63) is 48.8 Å². The second-order valence-electron chi connectivity index (χ2n) is 6.92. The van der Waals surface area contributed by atoms with Gasteiger partial charge in [0.25, 0.3) is 0 Å². The van der Waals surface area contributed by atoms with Gasteiger partial charge in [-0.15, -0.1) is 0 Å². The number of hydrogen-bond donors (Lipinski definition) is 1. The van der Waals surface area contributed by atoms with Gasteiger partial charge in [0.05, 0.1) is 4.90 Å². The molecular formula is C18H22N4O2S. The molecule has 2 aromatic rings. The number of sulfonamides is 1. The molecule has 1 saturated carbocycles. The zero-order valence-electron chi connectivity index (χ0n) is 14.0. The molecule has 1 aliphatic heterocycles. The molecule has 0 amide bonds. The van der Waals surface area contributed by atoms with Crippen molar-refractivity contribution in [2.75, 3.05) is 18.0 Å². The summed E-state index contributed by atoms with van der Waals surface area (Å²) in [7, 11) is -3.45. The van der Waals surface area contributed by atoms with Crippen LogP contribution in [0.2, 0.25) is 0 Å². The first kappa shape index (κ1) is 16.5. The Kier molecular flexibility index (Phi) is 4.21. The Labute approximate surface area is 148 Å². The molecule has 1 aromatic heterocycles. The molecule has 7 heteroatoms. The summed E-state index contributed by atoms with van der Waals surface area (Å²) in [5.41, 5.74) is 0.0765. The van der Waals surface area contributed by atoms with E-state index in [2.05, 4.69) is 19.6 Å². The number of hydrogen-bond acceptors (Lipinski definition) is 5. The summed E-state index contributed by atoms with van der Waals surface area (Å²) in [6, 6.07) is 10.5. The molecule has 1 aliphatic carbocycles. The quantitative estimate of drug-likeness (QED) is 0.907. The topological polar surface area (TPSA) is 75.2 Å². The number of nitrogens with one attached hydrogen (secondary N) is 1. The lowest BCUT2D eigenvalue weighted by atomic mass is 9.60. The predicted octanol–water partition coefficient (Wildman–Crippen LogP) is 2.20. The molecule has 2 heterocycles. The monoisotopic (exact) mass is 358 g/mol. The van der Waals surface area contributed by atoms with Crippen LogP contribution in [-0.4, -0.2) is 37.5 Å². The molecular weight excluding hydrogens is 336 g/mol. The van der Waals surface area contributed by atoms with Crippen LogP contribution in [0.15, 0.2) is 53.7 Å². The van der Waals surface area contributed by atoms with E-state index in [-0.39, 0.29) is 11.5 Å². The van der Waals surface area contributed by atoms with Crippen LogP contribution in [0.3, 0.4) is 0 Å². The molecule has 132 valence electrons. The summed E-state index contributed by atoms with van der Waals surface area (Å²) in [6.07, 6.45) is 7.44. The summed E-state index contributed by atoms with van der Waals surface area (Å²) in [4.78, 5) is 11.2. The molecule has 6 nitrogen and oxygen atoms in total. The van der Waals surface area contributed by atoms with Crippen molar-refractivity contribution < 1.29 is 8.42 Å². The maximum Gasteiger partial charge on any atom is 0.240 e. The van der Waals surface area contributed by atoms with Gasteiger partial charge in [-0.3, -0.25) is 0 Å². The lowest BCUT2D eigenvalue weighted by Gasteiger charge is -2.53. The van der Waals surface area contributed by atoms with E-state index in [1.807, 2.05) is 12.1 Å². The first-order valence-corrected chi connectivity index (χ1v) is 10.2. The number of anilines is 1. The molecule has 1 aromatic carbocycles. The number of aromatic nitrogens is 2. The smallest absolute Gasteiger partial charge is 0.240 e. The molecule has 0 bridgehead atoms. The zero-order chi connectivity index (χ0) is 17.3. The fraction of sp³-hybridized carbons (Fsp3) is 0.444. The van der Waals surface area contributed by atoms with Gasteiger partial charge in [0, 0.05) is 31.5 Å². The van der Waals surface area contributed by atoms with E-state index in [1.54, 1.807) is 36.7 Å². The number of rotatable bonds is 4. The van der Waals surface area contributed by atoms with Crippen LogP contribution in [-0.2, 0) is 10.0 Å². The van der Waals surface area contributed by atoms with Crippen molar-refractivity contribution in [3.63, 3.8) is 0 Å². The second-order valence-corrected chi connectivity index (χ2v) is 8.64. The van der Waals surface area contributed by atoms with Gasteiger partial charge in [-0.25, -0.2) is 23.1 Å². The van der Waals surface area contributed by atoms with Gasteiger partial charge in [0.1, 0.15) is 0 Å². The molecule has 25 heavy (non-hydrogen) atoms. The summed E-state index contributed by atoms with van der Waals surface area (Å²) >= 11 is 0. The van der Waals surface area contributed by atoms with E-state index in [1.165, 1.54) is 0 Å². The largest absolute Gasteiger partial charge is 0.341 e. The van der Waals surface area contributed by atoms with Crippen molar-refractivity contribution in [2.45, 2.75) is 36.6 Å². The average Bonchev–Trinajstić information content (AvgIpc) is 2.67. The van der Waals surface area contributed by atoms with E-state index in [9.17, 15) is 8.42 Å². The molecule has 2 aliphatic rings. The molecule has 0 unspecified atom stereocenters. The maximum atomic E-state index is 12.6. The van der Waals surface area contributed by atoms with Crippen molar-refractivity contribution in [1.82, 2.24) is 14.7 Å². The third kappa shape index (κ3) is 3.14. The van der Waals surface area contributed by atoms with E-state index in [0.717, 1.165) is 44.7 Å². The Hall–Kier alpha value is -1.99. The Balaban J connectivity index is 1.43. The molecule has 1 saturated heterocycles. The minimum atomic E-state index is -3.45. The van der Waals surface area contributed by atoms with Gasteiger partial charge < -0.3 is 4.90 Å². The van der Waals surface area contributed by atoms with Gasteiger partial charge in [0.2, 0.25) is 16.0 Å². The second kappa shape index (κ2) is 6.38. The first-order chi connectivity index (χ1) is 12.1. The van der Waals surface area contributed by atoms with Gasteiger partial charge in [-0.1, -0.05) is 18.2 Å². The highest BCUT2D eigenvalue weighted by Crippen LogP contribution is 2.49. The number of piperidine rings is 1. The lowest BCUT2D eigenvalue weighted by molar-refractivity contribution is 0.0506. The fourth-order valence-corrected chi connectivity index (χ4v) is 5.33. The molecule has 1 spiro atoms. The molecule has 1 N–H and O–H groups in total. The van der Waals surface area contributed by atoms with Crippen LogP contribution in [0, 0.1) is 5.41 Å². The maximum absolute atomic E-state index is 12.6. The van der Waals surface area contributed by atoms with Gasteiger partial charge >= 0.3 is 0 Å².